The molecule has 0 bridgehead atoms. The number of carbonyl (C=O) groups is 1. The summed E-state index contributed by atoms with van der Waals surface area (Å²) in [4.78, 5) is 17.9. The van der Waals surface area contributed by atoms with Crippen molar-refractivity contribution in [2.75, 3.05) is 20.1 Å². The van der Waals surface area contributed by atoms with Gasteiger partial charge < -0.3 is 10.6 Å². The van der Waals surface area contributed by atoms with Gasteiger partial charge in [-0.2, -0.15) is 0 Å². The third kappa shape index (κ3) is 3.82. The van der Waals surface area contributed by atoms with Crippen LogP contribution >= 0.6 is 0 Å². The molecule has 94 valence electrons. The zero-order chi connectivity index (χ0) is 13.1. The third-order valence-electron chi connectivity index (χ3n) is 2.71. The number of carbonyl (C=O) groups excluding carboxylic acids is 1. The van der Waals surface area contributed by atoms with Crippen molar-refractivity contribution in [2.45, 2.75) is 20.8 Å². The molecule has 1 aromatic rings. The van der Waals surface area contributed by atoms with Gasteiger partial charge in [-0.05, 0) is 31.0 Å². The monoisotopic (exact) mass is 235 g/mol. The quantitative estimate of drug-likeness (QED) is 0.859. The molecule has 0 radical (unpaired) electrons. The molecule has 0 aliphatic rings. The molecule has 1 aromatic heterocycles. The molecule has 17 heavy (non-hydrogen) atoms. The SMILES string of the molecule is Cc1cc(C(=O)N(C)CC(C)(C)CN)ccn1. The van der Waals surface area contributed by atoms with Gasteiger partial charge in [0.25, 0.3) is 5.91 Å². The Morgan fingerprint density at radius 2 is 2.18 bits per heavy atom. The number of nitrogens with two attached hydrogens (primary N) is 1. The molecule has 0 aliphatic heterocycles. The maximum absolute atomic E-state index is 12.1. The van der Waals surface area contributed by atoms with E-state index in [-0.39, 0.29) is 11.3 Å². The lowest BCUT2D eigenvalue weighted by molar-refractivity contribution is 0.0740. The Hall–Kier alpha value is -1.42. The van der Waals surface area contributed by atoms with E-state index in [9.17, 15) is 4.79 Å². The van der Waals surface area contributed by atoms with E-state index in [0.717, 1.165) is 5.69 Å². The molecule has 4 nitrogen and oxygen atoms in total. The summed E-state index contributed by atoms with van der Waals surface area (Å²) < 4.78 is 0. The van der Waals surface area contributed by atoms with Crippen molar-refractivity contribution in [1.29, 1.82) is 0 Å². The zero-order valence-electron chi connectivity index (χ0n) is 11.0. The maximum Gasteiger partial charge on any atom is 0.253 e. The summed E-state index contributed by atoms with van der Waals surface area (Å²) >= 11 is 0. The summed E-state index contributed by atoms with van der Waals surface area (Å²) in [5, 5.41) is 0. The van der Waals surface area contributed by atoms with Crippen LogP contribution in [0.4, 0.5) is 0 Å². The normalized spacial score (nSPS) is 11.4. The van der Waals surface area contributed by atoms with E-state index in [2.05, 4.69) is 18.8 Å². The molecule has 0 aromatic carbocycles. The largest absolute Gasteiger partial charge is 0.341 e. The second-order valence-corrected chi connectivity index (χ2v) is 5.22. The first-order valence-corrected chi connectivity index (χ1v) is 5.74. The minimum atomic E-state index is -0.0630. The van der Waals surface area contributed by atoms with Crippen molar-refractivity contribution >= 4 is 5.91 Å². The van der Waals surface area contributed by atoms with Crippen molar-refractivity contribution in [3.05, 3.63) is 29.6 Å². The second-order valence-electron chi connectivity index (χ2n) is 5.22. The Balaban J connectivity index is 2.77. The zero-order valence-corrected chi connectivity index (χ0v) is 11.0. The molecule has 0 spiro atoms. The molecular formula is C13H21N3O. The van der Waals surface area contributed by atoms with Crippen LogP contribution in [0.1, 0.15) is 29.9 Å². The van der Waals surface area contributed by atoms with Crippen molar-refractivity contribution in [1.82, 2.24) is 9.88 Å². The lowest BCUT2D eigenvalue weighted by Crippen LogP contribution is -2.39. The number of aryl methyl sites for hydroxylation is 1. The van der Waals surface area contributed by atoms with E-state index in [1.165, 1.54) is 0 Å². The van der Waals surface area contributed by atoms with E-state index < -0.39 is 0 Å². The molecule has 1 heterocycles. The Morgan fingerprint density at radius 3 is 2.71 bits per heavy atom. The van der Waals surface area contributed by atoms with E-state index >= 15 is 0 Å². The highest BCUT2D eigenvalue weighted by Gasteiger charge is 2.21. The van der Waals surface area contributed by atoms with Gasteiger partial charge in [-0.25, -0.2) is 0 Å². The van der Waals surface area contributed by atoms with E-state index in [1.807, 2.05) is 6.92 Å². The molecule has 0 aliphatic carbocycles. The summed E-state index contributed by atoms with van der Waals surface area (Å²) in [6.07, 6.45) is 1.66. The molecule has 4 heteroatoms. The van der Waals surface area contributed by atoms with Crippen LogP contribution in [0.2, 0.25) is 0 Å². The fourth-order valence-electron chi connectivity index (χ4n) is 1.68. The van der Waals surface area contributed by atoms with Crippen LogP contribution in [-0.4, -0.2) is 35.9 Å². The van der Waals surface area contributed by atoms with Gasteiger partial charge in [0.2, 0.25) is 0 Å². The van der Waals surface area contributed by atoms with E-state index in [1.54, 1.807) is 30.3 Å². The van der Waals surface area contributed by atoms with Crippen LogP contribution in [0.5, 0.6) is 0 Å². The molecule has 2 N–H and O–H groups in total. The van der Waals surface area contributed by atoms with Crippen LogP contribution in [0.3, 0.4) is 0 Å². The van der Waals surface area contributed by atoms with Gasteiger partial charge in [0.15, 0.2) is 0 Å². The van der Waals surface area contributed by atoms with Crippen LogP contribution in [0.25, 0.3) is 0 Å². The van der Waals surface area contributed by atoms with Gasteiger partial charge in [0, 0.05) is 31.0 Å². The average molecular weight is 235 g/mol. The topological polar surface area (TPSA) is 59.2 Å². The lowest BCUT2D eigenvalue weighted by Gasteiger charge is -2.29. The molecule has 0 unspecified atom stereocenters. The third-order valence-corrected chi connectivity index (χ3v) is 2.71. The van der Waals surface area contributed by atoms with E-state index in [4.69, 9.17) is 5.73 Å². The Kier molecular flexibility index (Phi) is 4.23. The van der Waals surface area contributed by atoms with Gasteiger partial charge in [-0.3, -0.25) is 9.78 Å². The number of aromatic nitrogens is 1. The van der Waals surface area contributed by atoms with Gasteiger partial charge in [-0.1, -0.05) is 13.8 Å². The molecular weight excluding hydrogens is 214 g/mol. The summed E-state index contributed by atoms with van der Waals surface area (Å²) in [6, 6.07) is 3.54. The van der Waals surface area contributed by atoms with Crippen molar-refractivity contribution in [3.63, 3.8) is 0 Å². The number of pyridine rings is 1. The summed E-state index contributed by atoms with van der Waals surface area (Å²) in [6.45, 7) is 7.17. The van der Waals surface area contributed by atoms with Crippen molar-refractivity contribution in [3.8, 4) is 0 Å². The second kappa shape index (κ2) is 5.27. The highest BCUT2D eigenvalue weighted by atomic mass is 16.2. The summed E-state index contributed by atoms with van der Waals surface area (Å²) in [5.41, 5.74) is 7.13. The predicted molar refractivity (Wildman–Crippen MR) is 68.8 cm³/mol. The standard InChI is InChI=1S/C13H21N3O/c1-10-7-11(5-6-15-10)12(17)16(4)9-13(2,3)8-14/h5-7H,8-9,14H2,1-4H3. The van der Waals surface area contributed by atoms with Crippen LogP contribution in [-0.2, 0) is 0 Å². The molecule has 0 saturated heterocycles. The Labute approximate surface area is 103 Å². The number of hydrogen-bond acceptors (Lipinski definition) is 3. The minimum Gasteiger partial charge on any atom is -0.341 e. The van der Waals surface area contributed by atoms with Gasteiger partial charge in [-0.15, -0.1) is 0 Å². The van der Waals surface area contributed by atoms with E-state index in [0.29, 0.717) is 18.7 Å². The number of nitrogens with zero attached hydrogens (tertiary/aromatic N) is 2. The number of rotatable bonds is 4. The maximum atomic E-state index is 12.1. The fourth-order valence-corrected chi connectivity index (χ4v) is 1.68. The first-order valence-electron chi connectivity index (χ1n) is 5.74. The number of hydrogen-bond donors (Lipinski definition) is 1. The predicted octanol–water partition coefficient (Wildman–Crippen LogP) is 1.45. The first-order chi connectivity index (χ1) is 7.85. The minimum absolute atomic E-state index is 0.0111. The summed E-state index contributed by atoms with van der Waals surface area (Å²) in [7, 11) is 1.80. The van der Waals surface area contributed by atoms with Crippen molar-refractivity contribution < 1.29 is 4.79 Å². The highest BCUT2D eigenvalue weighted by molar-refractivity contribution is 5.94. The molecule has 0 saturated carbocycles. The van der Waals surface area contributed by atoms with Crippen LogP contribution in [0.15, 0.2) is 18.3 Å². The molecule has 0 atom stereocenters. The Bertz CT molecular complexity index is 401. The first kappa shape index (κ1) is 13.6. The molecule has 1 amide bonds. The van der Waals surface area contributed by atoms with Crippen LogP contribution < -0.4 is 5.73 Å². The average Bonchev–Trinajstić information content (AvgIpc) is 2.27. The number of amides is 1. The molecule has 1 rings (SSSR count). The fraction of sp³-hybridized carbons (Fsp3) is 0.538. The van der Waals surface area contributed by atoms with Crippen LogP contribution in [0, 0.1) is 12.3 Å². The van der Waals surface area contributed by atoms with Gasteiger partial charge in [0.1, 0.15) is 0 Å². The van der Waals surface area contributed by atoms with Crippen molar-refractivity contribution in [2.24, 2.45) is 11.1 Å². The highest BCUT2D eigenvalue weighted by Crippen LogP contribution is 2.15. The van der Waals surface area contributed by atoms with Gasteiger partial charge in [0.05, 0.1) is 0 Å². The summed E-state index contributed by atoms with van der Waals surface area (Å²) in [5.74, 6) is 0.0111. The van der Waals surface area contributed by atoms with Gasteiger partial charge >= 0.3 is 0 Å². The smallest absolute Gasteiger partial charge is 0.253 e. The Morgan fingerprint density at radius 1 is 1.53 bits per heavy atom. The lowest BCUT2D eigenvalue weighted by atomic mass is 9.93. The molecule has 0 fully saturated rings.